The normalized spacial score (nSPS) is 40.1. The summed E-state index contributed by atoms with van der Waals surface area (Å²) in [6.45, 7) is 18.5. The lowest BCUT2D eigenvalue weighted by Crippen LogP contribution is -2.57. The number of carboxylic acid groups (broad SMARTS) is 1. The highest BCUT2D eigenvalue weighted by atomic mass is 16.4. The molecule has 4 aliphatic carbocycles. The van der Waals surface area contributed by atoms with Crippen LogP contribution in [0.5, 0.6) is 0 Å². The van der Waals surface area contributed by atoms with Gasteiger partial charge in [0.2, 0.25) is 0 Å². The van der Waals surface area contributed by atoms with Crippen molar-refractivity contribution in [3.8, 4) is 0 Å². The van der Waals surface area contributed by atoms with Crippen LogP contribution in [0.15, 0.2) is 35.5 Å². The van der Waals surface area contributed by atoms with Gasteiger partial charge in [0.15, 0.2) is 0 Å². The predicted molar refractivity (Wildman–Crippen MR) is 140 cm³/mol. The summed E-state index contributed by atoms with van der Waals surface area (Å²) in [5.41, 5.74) is 1.03. The summed E-state index contributed by atoms with van der Waals surface area (Å²) in [6, 6.07) is 0. The Bertz CT molecular complexity index is 1080. The van der Waals surface area contributed by atoms with Gasteiger partial charge in [-0.25, -0.2) is 0 Å². The van der Waals surface area contributed by atoms with E-state index in [9.17, 15) is 24.6 Å². The van der Waals surface area contributed by atoms with E-state index in [1.54, 1.807) is 0 Å². The number of carbonyl (C=O) groups is 3. The molecule has 2 fully saturated rings. The maximum absolute atomic E-state index is 13.7. The molecule has 5 nitrogen and oxygen atoms in total. The number of carboxylic acids is 1. The number of aliphatic carboxylic acids is 1. The summed E-state index contributed by atoms with van der Waals surface area (Å²) >= 11 is 0. The van der Waals surface area contributed by atoms with Gasteiger partial charge < -0.3 is 10.2 Å². The Morgan fingerprint density at radius 1 is 1.14 bits per heavy atom. The number of carbonyl (C=O) groups excluding carboxylic acids is 2. The van der Waals surface area contributed by atoms with E-state index in [2.05, 4.69) is 47.3 Å². The first kappa shape index (κ1) is 27.0. The van der Waals surface area contributed by atoms with Crippen LogP contribution in [0.25, 0.3) is 0 Å². The van der Waals surface area contributed by atoms with Gasteiger partial charge in [-0.1, -0.05) is 72.8 Å². The quantitative estimate of drug-likeness (QED) is 0.445. The van der Waals surface area contributed by atoms with Crippen molar-refractivity contribution in [3.05, 3.63) is 35.5 Å². The van der Waals surface area contributed by atoms with Crippen molar-refractivity contribution in [2.45, 2.75) is 93.1 Å². The molecule has 2 saturated carbocycles. The van der Waals surface area contributed by atoms with E-state index in [0.717, 1.165) is 16.7 Å². The second kappa shape index (κ2) is 8.51. The molecule has 0 aromatic carbocycles. The third kappa shape index (κ3) is 3.55. The Balaban J connectivity index is 1.78. The minimum Gasteiger partial charge on any atom is -0.481 e. The molecule has 0 bridgehead atoms. The van der Waals surface area contributed by atoms with E-state index in [-0.39, 0.29) is 35.2 Å². The molecular formula is C31H44O5. The molecule has 7 atom stereocenters. The van der Waals surface area contributed by atoms with Crippen LogP contribution in [0.2, 0.25) is 0 Å². The number of hydrogen-bond acceptors (Lipinski definition) is 4. The summed E-state index contributed by atoms with van der Waals surface area (Å²) in [7, 11) is 0. The van der Waals surface area contributed by atoms with Crippen LogP contribution in [-0.4, -0.2) is 33.9 Å². The molecule has 0 aliphatic heterocycles. The lowest BCUT2D eigenvalue weighted by atomic mass is 9.43. The summed E-state index contributed by atoms with van der Waals surface area (Å²) in [6.07, 6.45) is 6.39. The Morgan fingerprint density at radius 3 is 2.36 bits per heavy atom. The summed E-state index contributed by atoms with van der Waals surface area (Å²) in [5.74, 6) is -2.02. The molecule has 5 heteroatoms. The van der Waals surface area contributed by atoms with Gasteiger partial charge in [0.1, 0.15) is 11.6 Å². The first-order chi connectivity index (χ1) is 16.5. The van der Waals surface area contributed by atoms with Crippen molar-refractivity contribution in [2.24, 2.45) is 45.3 Å². The summed E-state index contributed by atoms with van der Waals surface area (Å²) in [5, 5.41) is 21.7. The van der Waals surface area contributed by atoms with E-state index < -0.39 is 40.2 Å². The Hall–Kier alpha value is -2.01. The maximum Gasteiger partial charge on any atom is 0.307 e. The number of rotatable bonds is 6. The minimum absolute atomic E-state index is 0.0130. The first-order valence-corrected chi connectivity index (χ1v) is 13.6. The van der Waals surface area contributed by atoms with Crippen LogP contribution in [-0.2, 0) is 14.4 Å². The fourth-order valence-electron chi connectivity index (χ4n) is 8.57. The molecule has 4 aliphatic rings. The highest BCUT2D eigenvalue weighted by molar-refractivity contribution is 5.91. The smallest absolute Gasteiger partial charge is 0.307 e. The molecule has 0 saturated heterocycles. The average Bonchev–Trinajstić information content (AvgIpc) is 2.97. The number of ketones is 2. The van der Waals surface area contributed by atoms with Crippen LogP contribution in [0.3, 0.4) is 0 Å². The molecule has 36 heavy (non-hydrogen) atoms. The van der Waals surface area contributed by atoms with Crippen molar-refractivity contribution in [2.75, 3.05) is 0 Å². The van der Waals surface area contributed by atoms with Crippen LogP contribution in [0.1, 0.15) is 87.0 Å². The first-order valence-electron chi connectivity index (χ1n) is 13.6. The second-order valence-corrected chi connectivity index (χ2v) is 13.6. The molecule has 0 spiro atoms. The molecule has 0 amide bonds. The van der Waals surface area contributed by atoms with Crippen molar-refractivity contribution < 1.29 is 24.6 Å². The van der Waals surface area contributed by atoms with E-state index in [4.69, 9.17) is 0 Å². The summed E-state index contributed by atoms with van der Waals surface area (Å²) in [4.78, 5) is 39.1. The number of aliphatic hydroxyl groups excluding tert-OH is 1. The van der Waals surface area contributed by atoms with Crippen molar-refractivity contribution in [3.63, 3.8) is 0 Å². The van der Waals surface area contributed by atoms with Gasteiger partial charge >= 0.3 is 5.97 Å². The highest BCUT2D eigenvalue weighted by Crippen LogP contribution is 2.70. The second-order valence-electron chi connectivity index (χ2n) is 13.6. The Morgan fingerprint density at radius 2 is 1.78 bits per heavy atom. The lowest BCUT2D eigenvalue weighted by Gasteiger charge is -2.60. The molecule has 0 unspecified atom stereocenters. The number of hydrogen-bond donors (Lipinski definition) is 2. The fourth-order valence-corrected chi connectivity index (χ4v) is 8.57. The van der Waals surface area contributed by atoms with Gasteiger partial charge in [-0.3, -0.25) is 14.4 Å². The van der Waals surface area contributed by atoms with Crippen LogP contribution in [0.4, 0.5) is 0 Å². The lowest BCUT2D eigenvalue weighted by molar-refractivity contribution is -0.149. The number of Topliss-reactive ketones (excluding diaryl/α,β-unsaturated/α-hetero) is 2. The summed E-state index contributed by atoms with van der Waals surface area (Å²) < 4.78 is 0. The molecule has 0 aromatic rings. The van der Waals surface area contributed by atoms with Gasteiger partial charge in [0.05, 0.1) is 12.0 Å². The minimum atomic E-state index is -0.914. The zero-order valence-corrected chi connectivity index (χ0v) is 23.1. The van der Waals surface area contributed by atoms with Crippen molar-refractivity contribution in [1.82, 2.24) is 0 Å². The van der Waals surface area contributed by atoms with Gasteiger partial charge in [0, 0.05) is 35.5 Å². The SMILES string of the molecule is C=C(CC[C@@H](C(=O)O)[C@H]1C(=O)C[C@@]2(C)C3=C[C@H](O)[C@H]4C(C)(C)C(=O)CC[C@]4(C)C3=CC[C@]12C)C(C)C. The zero-order chi connectivity index (χ0) is 27.0. The fraction of sp³-hybridized carbons (Fsp3) is 0.710. The standard InChI is InChI=1S/C31H44O5/c1-17(2)18(3)9-10-19(27(35)36)25-23(33)16-31(8)21-15-22(32)26-28(4,5)24(34)12-13-29(26,6)20(21)11-14-30(25,31)7/h11,15,17,19,22,25-26,32H,3,9-10,12-14,16H2,1-2,4-8H3,(H,35,36)/t19-,22+,25+,26+,29-,30-,31+/m1/s1. The van der Waals surface area contributed by atoms with E-state index in [1.807, 2.05) is 19.9 Å². The third-order valence-electron chi connectivity index (χ3n) is 11.1. The van der Waals surface area contributed by atoms with Gasteiger partial charge in [0.25, 0.3) is 0 Å². The topological polar surface area (TPSA) is 91.7 Å². The molecule has 4 rings (SSSR count). The van der Waals surface area contributed by atoms with Crippen LogP contribution >= 0.6 is 0 Å². The van der Waals surface area contributed by atoms with Crippen LogP contribution < -0.4 is 0 Å². The predicted octanol–water partition coefficient (Wildman–Crippen LogP) is 5.92. The van der Waals surface area contributed by atoms with Crippen molar-refractivity contribution in [1.29, 1.82) is 0 Å². The molecule has 198 valence electrons. The van der Waals surface area contributed by atoms with Crippen LogP contribution in [0, 0.1) is 45.3 Å². The number of fused-ring (bicyclic) bond motifs is 5. The molecule has 2 N–H and O–H groups in total. The number of allylic oxidation sites excluding steroid dienone is 4. The Kier molecular flexibility index (Phi) is 6.39. The zero-order valence-electron chi connectivity index (χ0n) is 23.1. The van der Waals surface area contributed by atoms with E-state index in [1.165, 1.54) is 0 Å². The Labute approximate surface area is 216 Å². The molecule has 0 radical (unpaired) electrons. The van der Waals surface area contributed by atoms with E-state index >= 15 is 0 Å². The average molecular weight is 497 g/mol. The van der Waals surface area contributed by atoms with Gasteiger partial charge in [-0.15, -0.1) is 0 Å². The van der Waals surface area contributed by atoms with Gasteiger partial charge in [-0.05, 0) is 53.6 Å². The molecule has 0 aromatic heterocycles. The third-order valence-corrected chi connectivity index (χ3v) is 11.1. The van der Waals surface area contributed by atoms with Gasteiger partial charge in [-0.2, -0.15) is 0 Å². The number of aliphatic hydroxyl groups is 1. The monoisotopic (exact) mass is 496 g/mol. The maximum atomic E-state index is 13.7. The molecular weight excluding hydrogens is 452 g/mol. The van der Waals surface area contributed by atoms with E-state index in [0.29, 0.717) is 32.1 Å². The highest BCUT2D eigenvalue weighted by Gasteiger charge is 2.67. The largest absolute Gasteiger partial charge is 0.481 e. The van der Waals surface area contributed by atoms with Crippen molar-refractivity contribution >= 4 is 17.5 Å². The molecule has 0 heterocycles.